The van der Waals surface area contributed by atoms with Gasteiger partial charge in [0.1, 0.15) is 0 Å². The van der Waals surface area contributed by atoms with Gasteiger partial charge in [-0.1, -0.05) is 22.4 Å². The molecule has 2 aliphatic rings. The van der Waals surface area contributed by atoms with Gasteiger partial charge in [0.15, 0.2) is 0 Å². The van der Waals surface area contributed by atoms with Crippen LogP contribution in [0.4, 0.5) is 11.4 Å². The Kier molecular flexibility index (Phi) is 3.75. The first-order valence-corrected chi connectivity index (χ1v) is 7.64. The van der Waals surface area contributed by atoms with Gasteiger partial charge in [-0.25, -0.2) is 0 Å². The van der Waals surface area contributed by atoms with Crippen LogP contribution in [0.25, 0.3) is 0 Å². The smallest absolute Gasteiger partial charge is 0.0603 e. The molecule has 0 spiro atoms. The zero-order chi connectivity index (χ0) is 12.4. The van der Waals surface area contributed by atoms with Crippen LogP contribution in [0.2, 0.25) is 0 Å². The third-order valence-electron chi connectivity index (χ3n) is 3.85. The molecule has 1 saturated heterocycles. The Balaban J connectivity index is 1.74. The first-order valence-electron chi connectivity index (χ1n) is 6.85. The normalized spacial score (nSPS) is 23.4. The van der Waals surface area contributed by atoms with E-state index in [1.54, 1.807) is 0 Å². The molecule has 0 aromatic heterocycles. The van der Waals surface area contributed by atoms with E-state index in [1.165, 1.54) is 37.2 Å². The molecule has 1 fully saturated rings. The van der Waals surface area contributed by atoms with Crippen LogP contribution in [0.1, 0.15) is 19.3 Å². The Bertz CT molecular complexity index is 416. The SMILES string of the molecule is Brc1ccc2c(c1)NCCN2CC1CCCCN1. The van der Waals surface area contributed by atoms with E-state index < -0.39 is 0 Å². The van der Waals surface area contributed by atoms with E-state index >= 15 is 0 Å². The van der Waals surface area contributed by atoms with Crippen LogP contribution in [0.3, 0.4) is 0 Å². The van der Waals surface area contributed by atoms with E-state index in [2.05, 4.69) is 49.7 Å². The largest absolute Gasteiger partial charge is 0.382 e. The Hall–Kier alpha value is -0.740. The summed E-state index contributed by atoms with van der Waals surface area (Å²) < 4.78 is 1.14. The zero-order valence-electron chi connectivity index (χ0n) is 10.6. The van der Waals surface area contributed by atoms with Gasteiger partial charge in [-0.2, -0.15) is 0 Å². The predicted molar refractivity (Wildman–Crippen MR) is 80.5 cm³/mol. The average molecular weight is 310 g/mol. The summed E-state index contributed by atoms with van der Waals surface area (Å²) in [7, 11) is 0. The molecule has 1 aromatic carbocycles. The molecule has 2 heterocycles. The van der Waals surface area contributed by atoms with Crippen LogP contribution >= 0.6 is 15.9 Å². The molecule has 3 rings (SSSR count). The van der Waals surface area contributed by atoms with Crippen molar-refractivity contribution in [2.24, 2.45) is 0 Å². The summed E-state index contributed by atoms with van der Waals surface area (Å²) in [5, 5.41) is 7.12. The number of piperidine rings is 1. The Morgan fingerprint density at radius 2 is 2.22 bits per heavy atom. The summed E-state index contributed by atoms with van der Waals surface area (Å²) in [6, 6.07) is 7.19. The summed E-state index contributed by atoms with van der Waals surface area (Å²) in [5.41, 5.74) is 2.60. The average Bonchev–Trinajstić information content (AvgIpc) is 2.40. The van der Waals surface area contributed by atoms with Gasteiger partial charge in [0.25, 0.3) is 0 Å². The van der Waals surface area contributed by atoms with Gasteiger partial charge in [-0.05, 0) is 37.6 Å². The van der Waals surface area contributed by atoms with Crippen LogP contribution in [-0.2, 0) is 0 Å². The van der Waals surface area contributed by atoms with Crippen LogP contribution < -0.4 is 15.5 Å². The molecule has 18 heavy (non-hydrogen) atoms. The van der Waals surface area contributed by atoms with Crippen molar-refractivity contribution in [1.29, 1.82) is 0 Å². The molecule has 3 nitrogen and oxygen atoms in total. The molecule has 1 aromatic rings. The molecule has 0 radical (unpaired) electrons. The predicted octanol–water partition coefficient (Wildman–Crippen LogP) is 2.82. The molecular weight excluding hydrogens is 290 g/mol. The quantitative estimate of drug-likeness (QED) is 0.879. The van der Waals surface area contributed by atoms with Crippen molar-refractivity contribution in [1.82, 2.24) is 5.32 Å². The fourth-order valence-corrected chi connectivity index (χ4v) is 3.27. The molecule has 0 bridgehead atoms. The molecule has 2 aliphatic heterocycles. The minimum Gasteiger partial charge on any atom is -0.382 e. The number of benzene rings is 1. The molecule has 0 amide bonds. The summed E-state index contributed by atoms with van der Waals surface area (Å²) in [4.78, 5) is 2.52. The molecule has 0 aliphatic carbocycles. The Morgan fingerprint density at radius 3 is 3.06 bits per heavy atom. The molecule has 2 N–H and O–H groups in total. The van der Waals surface area contributed by atoms with Crippen molar-refractivity contribution in [2.75, 3.05) is 36.4 Å². The highest BCUT2D eigenvalue weighted by atomic mass is 79.9. The second-order valence-corrected chi connectivity index (χ2v) is 6.10. The lowest BCUT2D eigenvalue weighted by molar-refractivity contribution is 0.399. The van der Waals surface area contributed by atoms with E-state index in [0.717, 1.165) is 24.1 Å². The van der Waals surface area contributed by atoms with E-state index in [9.17, 15) is 0 Å². The van der Waals surface area contributed by atoms with Gasteiger partial charge in [0.05, 0.1) is 11.4 Å². The molecule has 0 saturated carbocycles. The van der Waals surface area contributed by atoms with Crippen LogP contribution in [0, 0.1) is 0 Å². The lowest BCUT2D eigenvalue weighted by Gasteiger charge is -2.36. The first kappa shape index (κ1) is 12.3. The van der Waals surface area contributed by atoms with E-state index in [4.69, 9.17) is 0 Å². The number of nitrogens with zero attached hydrogens (tertiary/aromatic N) is 1. The van der Waals surface area contributed by atoms with E-state index in [1.807, 2.05) is 0 Å². The second kappa shape index (κ2) is 5.49. The van der Waals surface area contributed by atoms with Crippen molar-refractivity contribution in [3.05, 3.63) is 22.7 Å². The van der Waals surface area contributed by atoms with Crippen molar-refractivity contribution >= 4 is 27.3 Å². The maximum Gasteiger partial charge on any atom is 0.0603 e. The summed E-state index contributed by atoms with van der Waals surface area (Å²) in [6.07, 6.45) is 4.02. The maximum atomic E-state index is 3.64. The summed E-state index contributed by atoms with van der Waals surface area (Å²) in [5.74, 6) is 0. The number of rotatable bonds is 2. The van der Waals surface area contributed by atoms with Crippen molar-refractivity contribution in [3.8, 4) is 0 Å². The van der Waals surface area contributed by atoms with Crippen molar-refractivity contribution in [2.45, 2.75) is 25.3 Å². The van der Waals surface area contributed by atoms with Crippen LogP contribution in [-0.4, -0.2) is 32.2 Å². The Morgan fingerprint density at radius 1 is 1.28 bits per heavy atom. The molecule has 4 heteroatoms. The topological polar surface area (TPSA) is 27.3 Å². The second-order valence-electron chi connectivity index (χ2n) is 5.18. The van der Waals surface area contributed by atoms with Gasteiger partial charge >= 0.3 is 0 Å². The number of nitrogens with one attached hydrogen (secondary N) is 2. The fourth-order valence-electron chi connectivity index (χ4n) is 2.91. The number of hydrogen-bond donors (Lipinski definition) is 2. The molecule has 1 unspecified atom stereocenters. The van der Waals surface area contributed by atoms with E-state index in [0.29, 0.717) is 6.04 Å². The van der Waals surface area contributed by atoms with Crippen LogP contribution in [0.15, 0.2) is 22.7 Å². The van der Waals surface area contributed by atoms with E-state index in [-0.39, 0.29) is 0 Å². The lowest BCUT2D eigenvalue weighted by Crippen LogP contribution is -2.46. The highest BCUT2D eigenvalue weighted by Crippen LogP contribution is 2.32. The minimum atomic E-state index is 0.661. The highest BCUT2D eigenvalue weighted by molar-refractivity contribution is 9.10. The lowest BCUT2D eigenvalue weighted by atomic mass is 10.0. The summed E-state index contributed by atoms with van der Waals surface area (Å²) >= 11 is 3.54. The van der Waals surface area contributed by atoms with Gasteiger partial charge in [-0.15, -0.1) is 0 Å². The third-order valence-corrected chi connectivity index (χ3v) is 4.34. The number of halogens is 1. The number of anilines is 2. The maximum absolute atomic E-state index is 3.64. The van der Waals surface area contributed by atoms with Gasteiger partial charge in [-0.3, -0.25) is 0 Å². The Labute approximate surface area is 117 Å². The number of fused-ring (bicyclic) bond motifs is 1. The standard InChI is InChI=1S/C14H20BrN3/c15-11-4-5-14-13(9-11)17-7-8-18(14)10-12-3-1-2-6-16-12/h4-5,9,12,16-17H,1-3,6-8,10H2. The highest BCUT2D eigenvalue weighted by Gasteiger charge is 2.21. The van der Waals surface area contributed by atoms with Crippen LogP contribution in [0.5, 0.6) is 0 Å². The molecular formula is C14H20BrN3. The third kappa shape index (κ3) is 2.64. The summed E-state index contributed by atoms with van der Waals surface area (Å²) in [6.45, 7) is 4.46. The molecule has 98 valence electrons. The minimum absolute atomic E-state index is 0.661. The van der Waals surface area contributed by atoms with Gasteiger partial charge < -0.3 is 15.5 Å². The monoisotopic (exact) mass is 309 g/mol. The van der Waals surface area contributed by atoms with Crippen molar-refractivity contribution < 1.29 is 0 Å². The van der Waals surface area contributed by atoms with Gasteiger partial charge in [0.2, 0.25) is 0 Å². The number of hydrogen-bond acceptors (Lipinski definition) is 3. The fraction of sp³-hybridized carbons (Fsp3) is 0.571. The first-order chi connectivity index (χ1) is 8.83. The van der Waals surface area contributed by atoms with Gasteiger partial charge in [0, 0.05) is 30.1 Å². The molecule has 1 atom stereocenters. The van der Waals surface area contributed by atoms with Crippen molar-refractivity contribution in [3.63, 3.8) is 0 Å². The zero-order valence-corrected chi connectivity index (χ0v) is 12.2.